The fourth-order valence-electron chi connectivity index (χ4n) is 2.36. The van der Waals surface area contributed by atoms with Crippen LogP contribution in [0.1, 0.15) is 17.5 Å². The number of benzene rings is 1. The second kappa shape index (κ2) is 5.86. The molecule has 2 atom stereocenters. The van der Waals surface area contributed by atoms with E-state index in [0.717, 1.165) is 12.1 Å². The number of aliphatic hydroxyl groups is 1. The third-order valence-corrected chi connectivity index (χ3v) is 3.44. The summed E-state index contributed by atoms with van der Waals surface area (Å²) < 4.78 is 65.4. The first kappa shape index (κ1) is 16.1. The van der Waals surface area contributed by atoms with Gasteiger partial charge in [0.15, 0.2) is 0 Å². The molecule has 1 aliphatic heterocycles. The standard InChI is InChI=1S/C13H14F5NO2/c14-11(15)21-6-10-5-12(20,7-19-10)8-1-3-9(4-2-8)13(16,17)18/h1-4,10-11,19-20H,5-7H2. The lowest BCUT2D eigenvalue weighted by molar-refractivity contribution is -0.137. The summed E-state index contributed by atoms with van der Waals surface area (Å²) in [6.07, 6.45) is -4.35. The fraction of sp³-hybridized carbons (Fsp3) is 0.538. The van der Waals surface area contributed by atoms with Crippen molar-refractivity contribution in [2.45, 2.75) is 30.9 Å². The summed E-state index contributed by atoms with van der Waals surface area (Å²) in [5.41, 5.74) is -1.89. The van der Waals surface area contributed by atoms with Crippen molar-refractivity contribution >= 4 is 0 Å². The van der Waals surface area contributed by atoms with Crippen molar-refractivity contribution in [1.82, 2.24) is 5.32 Å². The Morgan fingerprint density at radius 3 is 2.43 bits per heavy atom. The summed E-state index contributed by atoms with van der Waals surface area (Å²) in [4.78, 5) is 0. The van der Waals surface area contributed by atoms with E-state index in [1.54, 1.807) is 0 Å². The molecule has 0 spiro atoms. The van der Waals surface area contributed by atoms with Gasteiger partial charge >= 0.3 is 12.8 Å². The van der Waals surface area contributed by atoms with E-state index in [0.29, 0.717) is 5.56 Å². The summed E-state index contributed by atoms with van der Waals surface area (Å²) in [6, 6.07) is 3.68. The second-order valence-corrected chi connectivity index (χ2v) is 4.98. The summed E-state index contributed by atoms with van der Waals surface area (Å²) in [7, 11) is 0. The van der Waals surface area contributed by atoms with Gasteiger partial charge in [0.1, 0.15) is 5.60 Å². The van der Waals surface area contributed by atoms with Crippen LogP contribution in [0.2, 0.25) is 0 Å². The third-order valence-electron chi connectivity index (χ3n) is 3.44. The number of rotatable bonds is 4. The van der Waals surface area contributed by atoms with E-state index in [-0.39, 0.29) is 19.6 Å². The Labute approximate surface area is 117 Å². The Bertz CT molecular complexity index is 476. The van der Waals surface area contributed by atoms with Crippen LogP contribution >= 0.6 is 0 Å². The predicted octanol–water partition coefficient (Wildman–Crippen LogP) is 2.49. The number of nitrogens with one attached hydrogen (secondary N) is 1. The predicted molar refractivity (Wildman–Crippen MR) is 63.7 cm³/mol. The van der Waals surface area contributed by atoms with Crippen molar-refractivity contribution in [2.75, 3.05) is 13.2 Å². The highest BCUT2D eigenvalue weighted by Crippen LogP contribution is 2.34. The molecule has 2 unspecified atom stereocenters. The van der Waals surface area contributed by atoms with Gasteiger partial charge in [0.25, 0.3) is 0 Å². The first-order valence-electron chi connectivity index (χ1n) is 6.24. The van der Waals surface area contributed by atoms with E-state index < -0.39 is 30.0 Å². The highest BCUT2D eigenvalue weighted by Gasteiger charge is 2.39. The maximum atomic E-state index is 12.5. The lowest BCUT2D eigenvalue weighted by atomic mass is 9.90. The highest BCUT2D eigenvalue weighted by atomic mass is 19.4. The van der Waals surface area contributed by atoms with Crippen molar-refractivity contribution in [3.63, 3.8) is 0 Å². The Balaban J connectivity index is 2.04. The molecule has 0 aromatic heterocycles. The van der Waals surface area contributed by atoms with Gasteiger partial charge in [-0.15, -0.1) is 0 Å². The lowest BCUT2D eigenvalue weighted by Crippen LogP contribution is -2.28. The number of halogens is 5. The molecule has 1 aliphatic rings. The van der Waals surface area contributed by atoms with Gasteiger partial charge in [-0.25, -0.2) is 0 Å². The molecule has 3 nitrogen and oxygen atoms in total. The second-order valence-electron chi connectivity index (χ2n) is 4.98. The summed E-state index contributed by atoms with van der Waals surface area (Å²) in [5.74, 6) is 0. The van der Waals surface area contributed by atoms with Crippen LogP contribution in [-0.2, 0) is 16.5 Å². The molecule has 1 aromatic rings. The zero-order valence-electron chi connectivity index (χ0n) is 10.8. The van der Waals surface area contributed by atoms with Gasteiger partial charge in [-0.05, 0) is 24.1 Å². The van der Waals surface area contributed by atoms with Crippen LogP contribution in [0, 0.1) is 0 Å². The quantitative estimate of drug-likeness (QED) is 0.840. The van der Waals surface area contributed by atoms with Gasteiger partial charge in [-0.3, -0.25) is 0 Å². The molecule has 2 N–H and O–H groups in total. The van der Waals surface area contributed by atoms with Crippen molar-refractivity contribution in [3.8, 4) is 0 Å². The number of alkyl halides is 5. The molecule has 21 heavy (non-hydrogen) atoms. The van der Waals surface area contributed by atoms with Gasteiger partial charge in [-0.2, -0.15) is 22.0 Å². The van der Waals surface area contributed by atoms with Gasteiger partial charge in [0.05, 0.1) is 12.2 Å². The molecule has 0 bridgehead atoms. The van der Waals surface area contributed by atoms with Crippen LogP contribution in [0.3, 0.4) is 0 Å². The normalized spacial score (nSPS) is 26.5. The minimum atomic E-state index is -4.44. The van der Waals surface area contributed by atoms with Gasteiger partial charge < -0.3 is 15.2 Å². The van der Waals surface area contributed by atoms with E-state index >= 15 is 0 Å². The topological polar surface area (TPSA) is 41.5 Å². The molecule has 1 saturated heterocycles. The molecule has 118 valence electrons. The minimum Gasteiger partial charge on any atom is -0.384 e. The molecular weight excluding hydrogens is 297 g/mol. The summed E-state index contributed by atoms with van der Waals surface area (Å²) >= 11 is 0. The summed E-state index contributed by atoms with van der Waals surface area (Å²) in [6.45, 7) is -3.11. The third kappa shape index (κ3) is 3.90. The number of ether oxygens (including phenoxy) is 1. The first-order chi connectivity index (χ1) is 9.71. The van der Waals surface area contributed by atoms with Gasteiger partial charge in [0, 0.05) is 12.6 Å². The molecule has 1 heterocycles. The minimum absolute atomic E-state index is 0.0651. The van der Waals surface area contributed by atoms with Crippen LogP contribution in [0.4, 0.5) is 22.0 Å². The van der Waals surface area contributed by atoms with E-state index in [2.05, 4.69) is 10.1 Å². The number of hydrogen-bond donors (Lipinski definition) is 2. The van der Waals surface area contributed by atoms with Crippen LogP contribution in [0.5, 0.6) is 0 Å². The van der Waals surface area contributed by atoms with Gasteiger partial charge in [-0.1, -0.05) is 12.1 Å². The van der Waals surface area contributed by atoms with Crippen LogP contribution < -0.4 is 5.32 Å². The zero-order chi connectivity index (χ0) is 15.7. The molecule has 0 aliphatic carbocycles. The van der Waals surface area contributed by atoms with Crippen molar-refractivity contribution in [1.29, 1.82) is 0 Å². The molecule has 2 rings (SSSR count). The average Bonchev–Trinajstić information content (AvgIpc) is 2.79. The largest absolute Gasteiger partial charge is 0.416 e. The highest BCUT2D eigenvalue weighted by molar-refractivity contribution is 5.30. The van der Waals surface area contributed by atoms with Crippen molar-refractivity contribution in [2.24, 2.45) is 0 Å². The smallest absolute Gasteiger partial charge is 0.384 e. The maximum Gasteiger partial charge on any atom is 0.416 e. The van der Waals surface area contributed by atoms with Crippen LogP contribution in [0.15, 0.2) is 24.3 Å². The number of β-amino-alcohol motifs (C(OH)–C–C–N with tert-alkyl or cyclic N) is 1. The molecule has 0 amide bonds. The molecule has 0 radical (unpaired) electrons. The van der Waals surface area contributed by atoms with Crippen molar-refractivity contribution < 1.29 is 31.8 Å². The molecule has 1 aromatic carbocycles. The van der Waals surface area contributed by atoms with Crippen LogP contribution in [-0.4, -0.2) is 30.9 Å². The Kier molecular flexibility index (Phi) is 4.50. The summed E-state index contributed by atoms with van der Waals surface area (Å²) in [5, 5.41) is 13.2. The van der Waals surface area contributed by atoms with Crippen LogP contribution in [0.25, 0.3) is 0 Å². The van der Waals surface area contributed by atoms with E-state index in [1.807, 2.05) is 0 Å². The monoisotopic (exact) mass is 311 g/mol. The van der Waals surface area contributed by atoms with E-state index in [1.165, 1.54) is 12.1 Å². The fourth-order valence-corrected chi connectivity index (χ4v) is 2.36. The first-order valence-corrected chi connectivity index (χ1v) is 6.24. The van der Waals surface area contributed by atoms with E-state index in [9.17, 15) is 27.1 Å². The number of hydrogen-bond acceptors (Lipinski definition) is 3. The maximum absolute atomic E-state index is 12.5. The molecule has 0 saturated carbocycles. The molecule has 1 fully saturated rings. The molecular formula is C13H14F5NO2. The zero-order valence-corrected chi connectivity index (χ0v) is 10.8. The van der Waals surface area contributed by atoms with E-state index in [4.69, 9.17) is 0 Å². The Morgan fingerprint density at radius 1 is 1.29 bits per heavy atom. The van der Waals surface area contributed by atoms with Crippen molar-refractivity contribution in [3.05, 3.63) is 35.4 Å². The Morgan fingerprint density at radius 2 is 1.90 bits per heavy atom. The average molecular weight is 311 g/mol. The lowest BCUT2D eigenvalue weighted by Gasteiger charge is -2.23. The SMILES string of the molecule is OC1(c2ccc(C(F)(F)F)cc2)CNC(COC(F)F)C1. The Hall–Kier alpha value is -1.25. The molecule has 8 heteroatoms. The van der Waals surface area contributed by atoms with Gasteiger partial charge in [0.2, 0.25) is 0 Å².